The molecule has 0 amide bonds. The lowest BCUT2D eigenvalue weighted by Gasteiger charge is -2.11. The smallest absolute Gasteiger partial charge is 0.177 e. The maximum Gasteiger partial charge on any atom is 0.177 e. The molecule has 0 radical (unpaired) electrons. The lowest BCUT2D eigenvalue weighted by Crippen LogP contribution is -2.06. The molecule has 0 saturated carbocycles. The normalized spacial score (nSPS) is 11.2. The van der Waals surface area contributed by atoms with Crippen LogP contribution in [0.2, 0.25) is 0 Å². The Hall–Kier alpha value is -1.49. The lowest BCUT2D eigenvalue weighted by molar-refractivity contribution is 0.506. The number of aromatic nitrogens is 2. The van der Waals surface area contributed by atoms with Gasteiger partial charge in [0.15, 0.2) is 16.4 Å². The zero-order chi connectivity index (χ0) is 13.3. The van der Waals surface area contributed by atoms with Crippen LogP contribution in [0.1, 0.15) is 31.0 Å². The second-order valence-corrected chi connectivity index (χ2v) is 4.89. The van der Waals surface area contributed by atoms with Crippen LogP contribution in [-0.4, -0.2) is 9.55 Å². The van der Waals surface area contributed by atoms with Crippen molar-refractivity contribution in [3.63, 3.8) is 0 Å². The van der Waals surface area contributed by atoms with E-state index in [0.29, 0.717) is 22.8 Å². The van der Waals surface area contributed by atoms with Gasteiger partial charge >= 0.3 is 0 Å². The molecule has 1 heterocycles. The van der Waals surface area contributed by atoms with Gasteiger partial charge in [-0.3, -0.25) is 0 Å². The second kappa shape index (κ2) is 5.02. The number of H-pyrrole nitrogens is 1. The van der Waals surface area contributed by atoms with Crippen molar-refractivity contribution in [2.24, 2.45) is 0 Å². The number of benzene rings is 1. The summed E-state index contributed by atoms with van der Waals surface area (Å²) in [5, 5.41) is 0. The molecule has 1 aromatic heterocycles. The molecular formula is C13H14F2N2S. The van der Waals surface area contributed by atoms with Crippen molar-refractivity contribution in [3.8, 4) is 0 Å². The number of hydrogen-bond acceptors (Lipinski definition) is 1. The molecule has 96 valence electrons. The van der Waals surface area contributed by atoms with E-state index >= 15 is 0 Å². The summed E-state index contributed by atoms with van der Waals surface area (Å²) in [5.41, 5.74) is 1.73. The highest BCUT2D eigenvalue weighted by Crippen LogP contribution is 2.17. The molecule has 0 aliphatic rings. The van der Waals surface area contributed by atoms with Crippen LogP contribution in [0.4, 0.5) is 8.78 Å². The minimum Gasteiger partial charge on any atom is -0.337 e. The zero-order valence-corrected chi connectivity index (χ0v) is 11.0. The standard InChI is InChI=1S/C13H14F2N2S/c1-8(2)12-6-16-13(18)17(12)7-9-3-4-10(14)11(15)5-9/h3-6,8H,7H2,1-2H3,(H,16,18). The minimum atomic E-state index is -0.833. The Morgan fingerprint density at radius 1 is 1.28 bits per heavy atom. The van der Waals surface area contributed by atoms with E-state index in [1.165, 1.54) is 6.07 Å². The third-order valence-corrected chi connectivity index (χ3v) is 3.15. The quantitative estimate of drug-likeness (QED) is 0.835. The summed E-state index contributed by atoms with van der Waals surface area (Å²) in [4.78, 5) is 2.97. The Balaban J connectivity index is 2.36. The molecule has 2 nitrogen and oxygen atoms in total. The van der Waals surface area contributed by atoms with E-state index < -0.39 is 11.6 Å². The van der Waals surface area contributed by atoms with Crippen LogP contribution in [-0.2, 0) is 6.54 Å². The van der Waals surface area contributed by atoms with Gasteiger partial charge in [-0.25, -0.2) is 8.78 Å². The molecule has 0 spiro atoms. The summed E-state index contributed by atoms with van der Waals surface area (Å²) < 4.78 is 28.5. The Kier molecular flexibility index (Phi) is 3.61. The number of nitrogens with one attached hydrogen (secondary N) is 1. The average Bonchev–Trinajstić information content (AvgIpc) is 2.66. The van der Waals surface area contributed by atoms with Crippen molar-refractivity contribution in [2.75, 3.05) is 0 Å². The number of halogens is 2. The Bertz CT molecular complexity index is 614. The Labute approximate surface area is 109 Å². The number of rotatable bonds is 3. The SMILES string of the molecule is CC(C)c1c[nH]c(=S)n1Cc1ccc(F)c(F)c1. The first kappa shape index (κ1) is 13.0. The third kappa shape index (κ3) is 2.51. The van der Waals surface area contributed by atoms with Crippen LogP contribution in [0.3, 0.4) is 0 Å². The highest BCUT2D eigenvalue weighted by molar-refractivity contribution is 7.71. The van der Waals surface area contributed by atoms with Gasteiger partial charge in [-0.05, 0) is 35.8 Å². The molecular weight excluding hydrogens is 254 g/mol. The van der Waals surface area contributed by atoms with Gasteiger partial charge in [-0.15, -0.1) is 0 Å². The van der Waals surface area contributed by atoms with Crippen molar-refractivity contribution < 1.29 is 8.78 Å². The van der Waals surface area contributed by atoms with Crippen LogP contribution in [0, 0.1) is 16.4 Å². The van der Waals surface area contributed by atoms with Gasteiger partial charge < -0.3 is 9.55 Å². The summed E-state index contributed by atoms with van der Waals surface area (Å²) in [6, 6.07) is 3.90. The molecule has 5 heteroatoms. The highest BCUT2D eigenvalue weighted by Gasteiger charge is 2.09. The van der Waals surface area contributed by atoms with E-state index in [1.54, 1.807) is 6.07 Å². The molecule has 1 N–H and O–H groups in total. The number of imidazole rings is 1. The van der Waals surface area contributed by atoms with E-state index in [9.17, 15) is 8.78 Å². The molecule has 1 aromatic carbocycles. The third-order valence-electron chi connectivity index (χ3n) is 2.82. The van der Waals surface area contributed by atoms with Crippen molar-refractivity contribution >= 4 is 12.2 Å². The van der Waals surface area contributed by atoms with Gasteiger partial charge in [0, 0.05) is 11.9 Å². The largest absolute Gasteiger partial charge is 0.337 e. The molecule has 2 rings (SSSR count). The summed E-state index contributed by atoms with van der Waals surface area (Å²) in [6.07, 6.45) is 1.85. The topological polar surface area (TPSA) is 20.7 Å². The predicted molar refractivity (Wildman–Crippen MR) is 69.2 cm³/mol. The molecule has 0 aliphatic carbocycles. The molecule has 0 saturated heterocycles. The molecule has 0 aliphatic heterocycles. The van der Waals surface area contributed by atoms with Gasteiger partial charge in [0.25, 0.3) is 0 Å². The van der Waals surface area contributed by atoms with Gasteiger partial charge in [0.05, 0.1) is 6.54 Å². The molecule has 18 heavy (non-hydrogen) atoms. The monoisotopic (exact) mass is 268 g/mol. The highest BCUT2D eigenvalue weighted by atomic mass is 32.1. The zero-order valence-electron chi connectivity index (χ0n) is 10.2. The van der Waals surface area contributed by atoms with Gasteiger partial charge in [-0.1, -0.05) is 19.9 Å². The number of hydrogen-bond donors (Lipinski definition) is 1. The average molecular weight is 268 g/mol. The predicted octanol–water partition coefficient (Wildman–Crippen LogP) is 4.00. The van der Waals surface area contributed by atoms with E-state index in [-0.39, 0.29) is 0 Å². The number of nitrogens with zero attached hydrogens (tertiary/aromatic N) is 1. The summed E-state index contributed by atoms with van der Waals surface area (Å²) in [7, 11) is 0. The van der Waals surface area contributed by atoms with E-state index in [1.807, 2.05) is 10.8 Å². The first-order valence-electron chi connectivity index (χ1n) is 5.71. The maximum atomic E-state index is 13.1. The van der Waals surface area contributed by atoms with Crippen molar-refractivity contribution in [1.29, 1.82) is 0 Å². The van der Waals surface area contributed by atoms with Crippen LogP contribution in [0.25, 0.3) is 0 Å². The first-order chi connectivity index (χ1) is 8.49. The van der Waals surface area contributed by atoms with Crippen LogP contribution in [0.15, 0.2) is 24.4 Å². The molecule has 2 aromatic rings. The van der Waals surface area contributed by atoms with Gasteiger partial charge in [-0.2, -0.15) is 0 Å². The van der Waals surface area contributed by atoms with Crippen LogP contribution in [0.5, 0.6) is 0 Å². The van der Waals surface area contributed by atoms with Gasteiger partial charge in [0.2, 0.25) is 0 Å². The maximum absolute atomic E-state index is 13.1. The van der Waals surface area contributed by atoms with Crippen LogP contribution < -0.4 is 0 Å². The molecule has 0 fully saturated rings. The Morgan fingerprint density at radius 3 is 2.61 bits per heavy atom. The fourth-order valence-corrected chi connectivity index (χ4v) is 2.10. The molecule has 0 atom stereocenters. The number of aromatic amines is 1. The fourth-order valence-electron chi connectivity index (χ4n) is 1.87. The van der Waals surface area contributed by atoms with Crippen molar-refractivity contribution in [2.45, 2.75) is 26.3 Å². The van der Waals surface area contributed by atoms with E-state index in [2.05, 4.69) is 18.8 Å². The van der Waals surface area contributed by atoms with E-state index in [0.717, 1.165) is 11.8 Å². The van der Waals surface area contributed by atoms with Crippen molar-refractivity contribution in [3.05, 3.63) is 52.1 Å². The van der Waals surface area contributed by atoms with Gasteiger partial charge in [0.1, 0.15) is 0 Å². The van der Waals surface area contributed by atoms with Crippen LogP contribution >= 0.6 is 12.2 Å². The lowest BCUT2D eigenvalue weighted by atomic mass is 10.1. The van der Waals surface area contributed by atoms with E-state index in [4.69, 9.17) is 12.2 Å². The molecule has 0 unspecified atom stereocenters. The van der Waals surface area contributed by atoms with Crippen molar-refractivity contribution in [1.82, 2.24) is 9.55 Å². The summed E-state index contributed by atoms with van der Waals surface area (Å²) >= 11 is 5.19. The Morgan fingerprint density at radius 2 is 2.00 bits per heavy atom. The minimum absolute atomic E-state index is 0.309. The first-order valence-corrected chi connectivity index (χ1v) is 6.12. The second-order valence-electron chi connectivity index (χ2n) is 4.51. The summed E-state index contributed by atoms with van der Waals surface area (Å²) in [5.74, 6) is -1.36. The molecule has 0 bridgehead atoms. The fraction of sp³-hybridized carbons (Fsp3) is 0.308. The summed E-state index contributed by atoms with van der Waals surface area (Å²) in [6.45, 7) is 4.55.